The van der Waals surface area contributed by atoms with Crippen LogP contribution in [0.5, 0.6) is 0 Å². The maximum absolute atomic E-state index is 13.7. The van der Waals surface area contributed by atoms with Crippen LogP contribution in [0.15, 0.2) is 60.8 Å². The van der Waals surface area contributed by atoms with Crippen LogP contribution in [-0.4, -0.2) is 16.0 Å². The Kier molecular flexibility index (Phi) is 4.79. The zero-order valence-electron chi connectivity index (χ0n) is 14.2. The quantitative estimate of drug-likeness (QED) is 0.596. The molecule has 1 aliphatic rings. The molecule has 1 atom stereocenters. The Balaban J connectivity index is 1.74. The summed E-state index contributed by atoms with van der Waals surface area (Å²) < 4.78 is 29.2. The van der Waals surface area contributed by atoms with Gasteiger partial charge in [0.15, 0.2) is 11.6 Å². The number of aryl methyl sites for hydroxylation is 1. The highest BCUT2D eigenvalue weighted by atomic mass is 35.5. The van der Waals surface area contributed by atoms with Crippen molar-refractivity contribution < 1.29 is 8.78 Å². The number of benzene rings is 2. The Morgan fingerprint density at radius 2 is 1.85 bits per heavy atom. The number of hydrogen-bond acceptors (Lipinski definition) is 1. The molecule has 2 aromatic carbocycles. The summed E-state index contributed by atoms with van der Waals surface area (Å²) in [5, 5.41) is 0.692. The van der Waals surface area contributed by atoms with E-state index in [0.29, 0.717) is 11.6 Å². The molecule has 1 aliphatic heterocycles. The van der Waals surface area contributed by atoms with Crippen molar-refractivity contribution in [1.29, 1.82) is 0 Å². The predicted octanol–water partition coefficient (Wildman–Crippen LogP) is 5.42. The van der Waals surface area contributed by atoms with Gasteiger partial charge in [0.25, 0.3) is 0 Å². The number of fused-ring (bicyclic) bond motifs is 1. The van der Waals surface area contributed by atoms with E-state index in [4.69, 9.17) is 11.6 Å². The Hall–Kier alpha value is -2.17. The molecule has 0 bridgehead atoms. The van der Waals surface area contributed by atoms with Crippen LogP contribution in [0.2, 0.25) is 5.02 Å². The lowest BCUT2D eigenvalue weighted by Gasteiger charge is -2.31. The van der Waals surface area contributed by atoms with Crippen LogP contribution < -0.4 is 0 Å². The van der Waals surface area contributed by atoms with Gasteiger partial charge in [-0.15, -0.1) is 0 Å². The largest absolute Gasteiger partial charge is 0.350 e. The molecule has 0 aliphatic carbocycles. The van der Waals surface area contributed by atoms with Crippen LogP contribution in [0.4, 0.5) is 8.78 Å². The van der Waals surface area contributed by atoms with E-state index < -0.39 is 11.6 Å². The molecule has 3 aromatic rings. The van der Waals surface area contributed by atoms with Gasteiger partial charge in [-0.2, -0.15) is 0 Å². The highest BCUT2D eigenvalue weighted by Gasteiger charge is 2.27. The molecular formula is C21H19ClF2N2. The summed E-state index contributed by atoms with van der Waals surface area (Å²) in [6, 6.07) is 16.2. The maximum atomic E-state index is 13.7. The van der Waals surface area contributed by atoms with E-state index in [0.717, 1.165) is 30.6 Å². The molecule has 134 valence electrons. The average Bonchev–Trinajstić information content (AvgIpc) is 3.00. The van der Waals surface area contributed by atoms with Gasteiger partial charge in [0, 0.05) is 36.5 Å². The number of hydrogen-bond donors (Lipinski definition) is 0. The zero-order chi connectivity index (χ0) is 18.1. The second-order valence-corrected chi connectivity index (χ2v) is 7.09. The minimum Gasteiger partial charge on any atom is -0.350 e. The van der Waals surface area contributed by atoms with Crippen molar-refractivity contribution in [3.63, 3.8) is 0 Å². The lowest BCUT2D eigenvalue weighted by Crippen LogP contribution is -2.29. The summed E-state index contributed by atoms with van der Waals surface area (Å²) in [6.07, 6.45) is 3.08. The minimum atomic E-state index is -0.815. The van der Waals surface area contributed by atoms with Crippen LogP contribution in [0, 0.1) is 11.6 Å². The van der Waals surface area contributed by atoms with Crippen molar-refractivity contribution in [3.05, 3.63) is 94.3 Å². The molecule has 4 rings (SSSR count). The second kappa shape index (κ2) is 7.22. The molecule has 0 spiro atoms. The van der Waals surface area contributed by atoms with Crippen LogP contribution in [-0.2, 0) is 13.1 Å². The molecule has 0 unspecified atom stereocenters. The van der Waals surface area contributed by atoms with Crippen molar-refractivity contribution in [3.8, 4) is 0 Å². The molecule has 0 N–H and O–H groups in total. The summed E-state index contributed by atoms with van der Waals surface area (Å²) in [6.45, 7) is 2.34. The van der Waals surface area contributed by atoms with Crippen molar-refractivity contribution in [2.24, 2.45) is 0 Å². The highest BCUT2D eigenvalue weighted by Crippen LogP contribution is 2.34. The van der Waals surface area contributed by atoms with E-state index in [9.17, 15) is 8.78 Å². The van der Waals surface area contributed by atoms with E-state index in [1.165, 1.54) is 17.8 Å². The van der Waals surface area contributed by atoms with Gasteiger partial charge < -0.3 is 4.57 Å². The topological polar surface area (TPSA) is 8.17 Å². The third-order valence-corrected chi connectivity index (χ3v) is 5.12. The van der Waals surface area contributed by atoms with Crippen molar-refractivity contribution in [2.45, 2.75) is 25.6 Å². The number of halogens is 3. The van der Waals surface area contributed by atoms with Gasteiger partial charge in [0.2, 0.25) is 0 Å². The first kappa shape index (κ1) is 17.3. The Labute approximate surface area is 156 Å². The van der Waals surface area contributed by atoms with Crippen LogP contribution in [0.3, 0.4) is 0 Å². The SMILES string of the molecule is Fc1ccc(CN2CCCn3cccc3[C@H]2c2cccc(Cl)c2)cc1F. The van der Waals surface area contributed by atoms with Crippen molar-refractivity contribution in [1.82, 2.24) is 9.47 Å². The summed E-state index contributed by atoms with van der Waals surface area (Å²) in [5.74, 6) is -1.62. The first-order valence-electron chi connectivity index (χ1n) is 8.70. The minimum absolute atomic E-state index is 0.0133. The summed E-state index contributed by atoms with van der Waals surface area (Å²) in [5.41, 5.74) is 3.05. The first-order valence-corrected chi connectivity index (χ1v) is 9.08. The molecule has 0 radical (unpaired) electrons. The maximum Gasteiger partial charge on any atom is 0.159 e. The van der Waals surface area contributed by atoms with Gasteiger partial charge in [-0.3, -0.25) is 4.90 Å². The van der Waals surface area contributed by atoms with Gasteiger partial charge in [-0.1, -0.05) is 29.8 Å². The molecule has 26 heavy (non-hydrogen) atoms. The summed E-state index contributed by atoms with van der Waals surface area (Å²) in [4.78, 5) is 2.30. The smallest absolute Gasteiger partial charge is 0.159 e. The zero-order valence-corrected chi connectivity index (χ0v) is 15.0. The normalized spacial score (nSPS) is 17.7. The molecule has 2 heterocycles. The highest BCUT2D eigenvalue weighted by molar-refractivity contribution is 6.30. The summed E-state index contributed by atoms with van der Waals surface area (Å²) >= 11 is 6.24. The fraction of sp³-hybridized carbons (Fsp3) is 0.238. The van der Waals surface area contributed by atoms with Gasteiger partial charge in [-0.05, 0) is 53.9 Å². The summed E-state index contributed by atoms with van der Waals surface area (Å²) in [7, 11) is 0. The number of aromatic nitrogens is 1. The van der Waals surface area contributed by atoms with Gasteiger partial charge in [0.05, 0.1) is 6.04 Å². The van der Waals surface area contributed by atoms with E-state index in [1.807, 2.05) is 24.3 Å². The van der Waals surface area contributed by atoms with Gasteiger partial charge >= 0.3 is 0 Å². The van der Waals surface area contributed by atoms with E-state index in [-0.39, 0.29) is 6.04 Å². The van der Waals surface area contributed by atoms with Crippen LogP contribution in [0.25, 0.3) is 0 Å². The monoisotopic (exact) mass is 372 g/mol. The lowest BCUT2D eigenvalue weighted by molar-refractivity contribution is 0.220. The number of nitrogens with zero attached hydrogens (tertiary/aromatic N) is 2. The third kappa shape index (κ3) is 3.39. The van der Waals surface area contributed by atoms with E-state index in [1.54, 1.807) is 6.07 Å². The van der Waals surface area contributed by atoms with Crippen molar-refractivity contribution in [2.75, 3.05) is 6.54 Å². The molecular weight excluding hydrogens is 354 g/mol. The lowest BCUT2D eigenvalue weighted by atomic mass is 10.0. The molecule has 2 nitrogen and oxygen atoms in total. The van der Waals surface area contributed by atoms with Crippen molar-refractivity contribution >= 4 is 11.6 Å². The molecule has 0 fully saturated rings. The van der Waals surface area contributed by atoms with Crippen LogP contribution in [0.1, 0.15) is 29.3 Å². The molecule has 0 amide bonds. The molecule has 5 heteroatoms. The van der Waals surface area contributed by atoms with Gasteiger partial charge in [-0.25, -0.2) is 8.78 Å². The molecule has 0 saturated heterocycles. The Morgan fingerprint density at radius 1 is 0.962 bits per heavy atom. The molecule has 0 saturated carbocycles. The number of rotatable bonds is 3. The second-order valence-electron chi connectivity index (χ2n) is 6.66. The van der Waals surface area contributed by atoms with E-state index in [2.05, 4.69) is 27.8 Å². The predicted molar refractivity (Wildman–Crippen MR) is 99.1 cm³/mol. The fourth-order valence-electron chi connectivity index (χ4n) is 3.74. The van der Waals surface area contributed by atoms with E-state index >= 15 is 0 Å². The van der Waals surface area contributed by atoms with Crippen LogP contribution >= 0.6 is 11.6 Å². The molecule has 1 aromatic heterocycles. The third-order valence-electron chi connectivity index (χ3n) is 4.89. The Morgan fingerprint density at radius 3 is 2.65 bits per heavy atom. The average molecular weight is 373 g/mol. The Bertz CT molecular complexity index is 922. The standard InChI is InChI=1S/C21H19ClF2N2/c22-17-5-1-4-16(13-17)21-20-6-2-9-25(20)10-3-11-26(21)14-15-7-8-18(23)19(24)12-15/h1-2,4-9,12-13,21H,3,10-11,14H2/t21-/m1/s1. The fourth-order valence-corrected chi connectivity index (χ4v) is 3.94. The first-order chi connectivity index (χ1) is 12.6. The van der Waals surface area contributed by atoms with Gasteiger partial charge in [0.1, 0.15) is 0 Å².